The first-order chi connectivity index (χ1) is 15.6. The SMILES string of the molecule is CCCCOc1c(C)cccc1COc1ccc(C2CC(=O)Nc3n[nH]cc32)cc1OC. The molecule has 1 aliphatic heterocycles. The number of para-hydroxylation sites is 1. The van der Waals surface area contributed by atoms with Gasteiger partial charge < -0.3 is 19.5 Å². The van der Waals surface area contributed by atoms with Gasteiger partial charge in [0.25, 0.3) is 0 Å². The van der Waals surface area contributed by atoms with Crippen LogP contribution in [0.4, 0.5) is 5.82 Å². The number of rotatable bonds is 9. The van der Waals surface area contributed by atoms with Crippen LogP contribution in [0.1, 0.15) is 54.4 Å². The average molecular weight is 436 g/mol. The standard InChI is InChI=1S/C25H29N3O4/c1-4-5-11-31-24-16(2)7-6-8-18(24)15-32-21-10-9-17(12-22(21)30-3)19-13-23(29)27-25-20(19)14-26-28-25/h6-10,12,14,19H,4-5,11,13,15H2,1-3H3,(H2,26,27,28,29). The number of methoxy groups -OCH3 is 1. The van der Waals surface area contributed by atoms with E-state index in [9.17, 15) is 4.79 Å². The molecule has 0 fully saturated rings. The summed E-state index contributed by atoms with van der Waals surface area (Å²) < 4.78 is 17.8. The zero-order valence-corrected chi connectivity index (χ0v) is 18.7. The van der Waals surface area contributed by atoms with Crippen molar-refractivity contribution in [3.8, 4) is 17.2 Å². The van der Waals surface area contributed by atoms with Crippen LogP contribution in [0, 0.1) is 6.92 Å². The molecular formula is C25H29N3O4. The van der Waals surface area contributed by atoms with Gasteiger partial charge in [0, 0.05) is 29.7 Å². The lowest BCUT2D eigenvalue weighted by atomic mass is 9.87. The number of aromatic amines is 1. The maximum Gasteiger partial charge on any atom is 0.226 e. The van der Waals surface area contributed by atoms with E-state index in [-0.39, 0.29) is 11.8 Å². The lowest BCUT2D eigenvalue weighted by Crippen LogP contribution is -2.23. The number of ether oxygens (including phenoxy) is 3. The van der Waals surface area contributed by atoms with Crippen molar-refractivity contribution in [3.05, 3.63) is 64.8 Å². The molecule has 1 aliphatic rings. The van der Waals surface area contributed by atoms with E-state index in [4.69, 9.17) is 14.2 Å². The molecule has 7 heteroatoms. The lowest BCUT2D eigenvalue weighted by Gasteiger charge is -2.23. The molecule has 0 saturated heterocycles. The van der Waals surface area contributed by atoms with E-state index in [0.717, 1.165) is 40.8 Å². The molecule has 1 unspecified atom stereocenters. The van der Waals surface area contributed by atoms with Gasteiger partial charge >= 0.3 is 0 Å². The van der Waals surface area contributed by atoms with Crippen LogP contribution in [0.5, 0.6) is 17.2 Å². The number of nitrogens with one attached hydrogen (secondary N) is 2. The van der Waals surface area contributed by atoms with Gasteiger partial charge in [-0.2, -0.15) is 5.10 Å². The van der Waals surface area contributed by atoms with Crippen LogP contribution < -0.4 is 19.5 Å². The number of hydrogen-bond acceptors (Lipinski definition) is 5. The molecule has 0 radical (unpaired) electrons. The molecule has 1 amide bonds. The highest BCUT2D eigenvalue weighted by molar-refractivity contribution is 5.94. The molecule has 7 nitrogen and oxygen atoms in total. The van der Waals surface area contributed by atoms with E-state index in [0.29, 0.717) is 37.0 Å². The van der Waals surface area contributed by atoms with Crippen molar-refractivity contribution in [2.45, 2.75) is 45.6 Å². The summed E-state index contributed by atoms with van der Waals surface area (Å²) in [4.78, 5) is 12.1. The normalized spacial score (nSPS) is 15.1. The Hall–Kier alpha value is -3.48. The fourth-order valence-corrected chi connectivity index (χ4v) is 3.97. The first-order valence-corrected chi connectivity index (χ1v) is 11.0. The molecule has 0 bridgehead atoms. The number of aromatic nitrogens is 2. The number of carbonyl (C=O) groups is 1. The number of aryl methyl sites for hydroxylation is 1. The number of amides is 1. The second-order valence-corrected chi connectivity index (χ2v) is 7.96. The average Bonchev–Trinajstić information content (AvgIpc) is 3.27. The maximum absolute atomic E-state index is 12.1. The predicted octanol–water partition coefficient (Wildman–Crippen LogP) is 4.96. The second-order valence-electron chi connectivity index (χ2n) is 7.96. The van der Waals surface area contributed by atoms with Gasteiger partial charge in [-0.15, -0.1) is 0 Å². The van der Waals surface area contributed by atoms with E-state index in [1.54, 1.807) is 7.11 Å². The van der Waals surface area contributed by atoms with Crippen molar-refractivity contribution in [2.24, 2.45) is 0 Å². The summed E-state index contributed by atoms with van der Waals surface area (Å²) in [6, 6.07) is 11.9. The molecular weight excluding hydrogens is 406 g/mol. The Bertz CT molecular complexity index is 1090. The van der Waals surface area contributed by atoms with Crippen molar-refractivity contribution in [3.63, 3.8) is 0 Å². The van der Waals surface area contributed by atoms with E-state index < -0.39 is 0 Å². The van der Waals surface area contributed by atoms with Crippen molar-refractivity contribution >= 4 is 11.7 Å². The first-order valence-electron chi connectivity index (χ1n) is 11.0. The summed E-state index contributed by atoms with van der Waals surface area (Å²) in [5.41, 5.74) is 4.04. The molecule has 2 heterocycles. The minimum Gasteiger partial charge on any atom is -0.493 e. The Labute approximate surface area is 188 Å². The van der Waals surface area contributed by atoms with Gasteiger partial charge in [-0.05, 0) is 36.6 Å². The van der Waals surface area contributed by atoms with Crippen molar-refractivity contribution < 1.29 is 19.0 Å². The Morgan fingerprint density at radius 3 is 2.84 bits per heavy atom. The maximum atomic E-state index is 12.1. The highest BCUT2D eigenvalue weighted by atomic mass is 16.5. The van der Waals surface area contributed by atoms with Crippen LogP contribution >= 0.6 is 0 Å². The number of anilines is 1. The van der Waals surface area contributed by atoms with Crippen molar-refractivity contribution in [1.82, 2.24) is 10.2 Å². The summed E-state index contributed by atoms with van der Waals surface area (Å²) >= 11 is 0. The van der Waals surface area contributed by atoms with Crippen LogP contribution in [0.3, 0.4) is 0 Å². The summed E-state index contributed by atoms with van der Waals surface area (Å²) in [6.45, 7) is 5.26. The van der Waals surface area contributed by atoms with Gasteiger partial charge in [-0.1, -0.05) is 37.6 Å². The number of carbonyl (C=O) groups excluding carboxylic acids is 1. The Balaban J connectivity index is 1.53. The molecule has 168 valence electrons. The molecule has 32 heavy (non-hydrogen) atoms. The van der Waals surface area contributed by atoms with Crippen LogP contribution in [0.25, 0.3) is 0 Å². The fraction of sp³-hybridized carbons (Fsp3) is 0.360. The molecule has 1 atom stereocenters. The van der Waals surface area contributed by atoms with Gasteiger partial charge in [0.1, 0.15) is 12.4 Å². The van der Waals surface area contributed by atoms with Gasteiger partial charge in [0.2, 0.25) is 5.91 Å². The Morgan fingerprint density at radius 1 is 1.16 bits per heavy atom. The van der Waals surface area contributed by atoms with Gasteiger partial charge in [0.05, 0.1) is 13.7 Å². The molecule has 1 aromatic heterocycles. The monoisotopic (exact) mass is 435 g/mol. The first kappa shape index (κ1) is 21.7. The quantitative estimate of drug-likeness (QED) is 0.464. The highest BCUT2D eigenvalue weighted by Gasteiger charge is 2.29. The molecule has 2 aromatic carbocycles. The Kier molecular flexibility index (Phi) is 6.63. The number of benzene rings is 2. The topological polar surface area (TPSA) is 85.5 Å². The second kappa shape index (κ2) is 9.77. The van der Waals surface area contributed by atoms with Crippen LogP contribution in [-0.2, 0) is 11.4 Å². The number of fused-ring (bicyclic) bond motifs is 1. The summed E-state index contributed by atoms with van der Waals surface area (Å²) in [5.74, 6) is 2.60. The lowest BCUT2D eigenvalue weighted by molar-refractivity contribution is -0.116. The van der Waals surface area contributed by atoms with E-state index in [1.807, 2.05) is 49.5 Å². The molecule has 2 N–H and O–H groups in total. The zero-order chi connectivity index (χ0) is 22.5. The molecule has 3 aromatic rings. The van der Waals surface area contributed by atoms with Crippen LogP contribution in [-0.4, -0.2) is 29.8 Å². The minimum atomic E-state index is -0.0872. The number of unbranched alkanes of at least 4 members (excludes halogenated alkanes) is 1. The fourth-order valence-electron chi connectivity index (χ4n) is 3.97. The van der Waals surface area contributed by atoms with Crippen molar-refractivity contribution in [1.29, 1.82) is 0 Å². The van der Waals surface area contributed by atoms with Crippen LogP contribution in [0.15, 0.2) is 42.6 Å². The largest absolute Gasteiger partial charge is 0.493 e. The predicted molar refractivity (Wildman–Crippen MR) is 123 cm³/mol. The molecule has 0 saturated carbocycles. The van der Waals surface area contributed by atoms with Crippen LogP contribution in [0.2, 0.25) is 0 Å². The molecule has 0 spiro atoms. The summed E-state index contributed by atoms with van der Waals surface area (Å²) in [5, 5.41) is 9.75. The number of H-pyrrole nitrogens is 1. The summed E-state index contributed by atoms with van der Waals surface area (Å²) in [7, 11) is 1.62. The third-order valence-corrected chi connectivity index (χ3v) is 5.70. The van der Waals surface area contributed by atoms with E-state index in [2.05, 4.69) is 22.4 Å². The zero-order valence-electron chi connectivity index (χ0n) is 18.7. The minimum absolute atomic E-state index is 0.0519. The third-order valence-electron chi connectivity index (χ3n) is 5.70. The highest BCUT2D eigenvalue weighted by Crippen LogP contribution is 2.39. The van der Waals surface area contributed by atoms with Gasteiger partial charge in [0.15, 0.2) is 17.3 Å². The van der Waals surface area contributed by atoms with E-state index in [1.165, 1.54) is 0 Å². The third kappa shape index (κ3) is 4.56. The van der Waals surface area contributed by atoms with Gasteiger partial charge in [-0.3, -0.25) is 9.89 Å². The number of nitrogens with zero attached hydrogens (tertiary/aromatic N) is 1. The van der Waals surface area contributed by atoms with E-state index >= 15 is 0 Å². The van der Waals surface area contributed by atoms with Gasteiger partial charge in [-0.25, -0.2) is 0 Å². The smallest absolute Gasteiger partial charge is 0.226 e. The van der Waals surface area contributed by atoms with Crippen molar-refractivity contribution in [2.75, 3.05) is 19.0 Å². The summed E-state index contributed by atoms with van der Waals surface area (Å²) in [6.07, 6.45) is 4.29. The molecule has 0 aliphatic carbocycles. The molecule has 4 rings (SSSR count). The Morgan fingerprint density at radius 2 is 2.03 bits per heavy atom. The number of hydrogen-bond donors (Lipinski definition) is 2.